The van der Waals surface area contributed by atoms with Gasteiger partial charge < -0.3 is 10.2 Å². The van der Waals surface area contributed by atoms with Crippen LogP contribution in [0.4, 0.5) is 4.79 Å². The highest BCUT2D eigenvalue weighted by Crippen LogP contribution is 2.44. The number of amides is 4. The molecule has 1 fully saturated rings. The summed E-state index contributed by atoms with van der Waals surface area (Å²) in [6.07, 6.45) is 0.420. The molecule has 3 aromatic rings. The lowest BCUT2D eigenvalue weighted by Crippen LogP contribution is -2.51. The highest BCUT2D eigenvalue weighted by atomic mass is 16.2. The van der Waals surface area contributed by atoms with Gasteiger partial charge in [0, 0.05) is 12.6 Å². The van der Waals surface area contributed by atoms with Crippen LogP contribution in [0.15, 0.2) is 91.0 Å². The normalized spacial score (nSPS) is 20.1. The SMILES string of the molecule is CC[C@@](C)(C(=O)N1C(=O)N(C)[C@@H](C)[C@H]1c1ccccc1)[C@H](NC(=O)c1ccccc1)c1ccccc1. The van der Waals surface area contributed by atoms with Crippen LogP contribution in [0.25, 0.3) is 0 Å². The van der Waals surface area contributed by atoms with Crippen LogP contribution in [0.1, 0.15) is 60.8 Å². The Morgan fingerprint density at radius 3 is 2.00 bits per heavy atom. The van der Waals surface area contributed by atoms with Crippen LogP contribution >= 0.6 is 0 Å². The van der Waals surface area contributed by atoms with E-state index in [1.165, 1.54) is 4.90 Å². The van der Waals surface area contributed by atoms with Crippen molar-refractivity contribution in [1.82, 2.24) is 15.1 Å². The summed E-state index contributed by atoms with van der Waals surface area (Å²) < 4.78 is 0. The maximum atomic E-state index is 14.4. The lowest BCUT2D eigenvalue weighted by Gasteiger charge is -2.40. The second-order valence-electron chi connectivity index (χ2n) is 9.62. The first kappa shape index (κ1) is 25.2. The first-order chi connectivity index (χ1) is 17.3. The van der Waals surface area contributed by atoms with Crippen molar-refractivity contribution in [3.63, 3.8) is 0 Å². The monoisotopic (exact) mass is 483 g/mol. The quantitative estimate of drug-likeness (QED) is 0.476. The van der Waals surface area contributed by atoms with Gasteiger partial charge in [0.1, 0.15) is 0 Å². The fourth-order valence-electron chi connectivity index (χ4n) is 5.00. The molecule has 0 aliphatic carbocycles. The van der Waals surface area contributed by atoms with E-state index in [9.17, 15) is 14.4 Å². The van der Waals surface area contributed by atoms with E-state index >= 15 is 0 Å². The van der Waals surface area contributed by atoms with E-state index in [0.29, 0.717) is 12.0 Å². The van der Waals surface area contributed by atoms with Crippen LogP contribution in [-0.4, -0.2) is 40.7 Å². The molecule has 0 radical (unpaired) electrons. The first-order valence-corrected chi connectivity index (χ1v) is 12.4. The van der Waals surface area contributed by atoms with E-state index in [4.69, 9.17) is 0 Å². The Kier molecular flexibility index (Phi) is 7.25. The van der Waals surface area contributed by atoms with Gasteiger partial charge in [-0.1, -0.05) is 85.8 Å². The van der Waals surface area contributed by atoms with Crippen LogP contribution in [0.2, 0.25) is 0 Å². The van der Waals surface area contributed by atoms with E-state index in [2.05, 4.69) is 5.32 Å². The summed E-state index contributed by atoms with van der Waals surface area (Å²) >= 11 is 0. The number of rotatable bonds is 7. The molecule has 0 saturated carbocycles. The highest BCUT2D eigenvalue weighted by molar-refractivity contribution is 6.01. The number of likely N-dealkylation sites (N-methyl/N-ethyl adjacent to an activating group) is 1. The topological polar surface area (TPSA) is 69.7 Å². The van der Waals surface area contributed by atoms with Gasteiger partial charge in [-0.3, -0.25) is 14.5 Å². The van der Waals surface area contributed by atoms with E-state index < -0.39 is 17.5 Å². The summed E-state index contributed by atoms with van der Waals surface area (Å²) in [6, 6.07) is 26.5. The van der Waals surface area contributed by atoms with Crippen LogP contribution in [0, 0.1) is 5.41 Å². The number of hydrogen-bond acceptors (Lipinski definition) is 3. The van der Waals surface area contributed by atoms with Crippen LogP contribution in [-0.2, 0) is 4.79 Å². The minimum atomic E-state index is -1.08. The van der Waals surface area contributed by atoms with Gasteiger partial charge >= 0.3 is 6.03 Å². The Morgan fingerprint density at radius 2 is 1.44 bits per heavy atom. The second-order valence-corrected chi connectivity index (χ2v) is 9.62. The average molecular weight is 484 g/mol. The molecular formula is C30H33N3O3. The van der Waals surface area contributed by atoms with Gasteiger partial charge in [-0.05, 0) is 43.5 Å². The molecule has 186 valence electrons. The predicted octanol–water partition coefficient (Wildman–Crippen LogP) is 5.60. The zero-order chi connectivity index (χ0) is 25.9. The summed E-state index contributed by atoms with van der Waals surface area (Å²) in [7, 11) is 1.73. The predicted molar refractivity (Wildman–Crippen MR) is 140 cm³/mol. The summed E-state index contributed by atoms with van der Waals surface area (Å²) in [4.78, 5) is 44.2. The molecule has 3 aromatic carbocycles. The largest absolute Gasteiger partial charge is 0.344 e. The van der Waals surface area contributed by atoms with Crippen LogP contribution in [0.3, 0.4) is 0 Å². The Balaban J connectivity index is 1.77. The van der Waals surface area contributed by atoms with Crippen LogP contribution in [0.5, 0.6) is 0 Å². The number of carbonyl (C=O) groups is 3. The molecule has 6 heteroatoms. The van der Waals surface area contributed by atoms with Gasteiger partial charge in [0.25, 0.3) is 5.91 Å². The number of nitrogens with one attached hydrogen (secondary N) is 1. The third-order valence-corrected chi connectivity index (χ3v) is 7.52. The number of urea groups is 1. The third kappa shape index (κ3) is 4.51. The van der Waals surface area contributed by atoms with Crippen molar-refractivity contribution in [1.29, 1.82) is 0 Å². The molecule has 6 nitrogen and oxygen atoms in total. The summed E-state index contributed by atoms with van der Waals surface area (Å²) in [5.41, 5.74) is 1.14. The highest BCUT2D eigenvalue weighted by Gasteiger charge is 2.53. The van der Waals surface area contributed by atoms with Crippen molar-refractivity contribution in [2.75, 3.05) is 7.05 Å². The van der Waals surface area contributed by atoms with Gasteiger partial charge in [0.05, 0.1) is 23.5 Å². The molecule has 1 heterocycles. The number of hydrogen-bond donors (Lipinski definition) is 1. The fourth-order valence-corrected chi connectivity index (χ4v) is 5.00. The van der Waals surface area contributed by atoms with Crippen molar-refractivity contribution in [3.8, 4) is 0 Å². The molecule has 4 rings (SSSR count). The van der Waals surface area contributed by atoms with Crippen molar-refractivity contribution in [2.24, 2.45) is 5.41 Å². The minimum Gasteiger partial charge on any atom is -0.344 e. The zero-order valence-corrected chi connectivity index (χ0v) is 21.2. The molecule has 0 spiro atoms. The summed E-state index contributed by atoms with van der Waals surface area (Å²) in [5, 5.41) is 3.13. The second kappa shape index (κ2) is 10.4. The molecule has 1 aliphatic rings. The van der Waals surface area contributed by atoms with Gasteiger partial charge in [0.2, 0.25) is 5.91 Å². The molecule has 0 unspecified atom stereocenters. The Bertz CT molecular complexity index is 1220. The molecule has 0 bridgehead atoms. The number of carbonyl (C=O) groups excluding carboxylic acids is 3. The maximum absolute atomic E-state index is 14.4. The molecule has 4 atom stereocenters. The maximum Gasteiger partial charge on any atom is 0.327 e. The van der Waals surface area contributed by atoms with Gasteiger partial charge in [-0.25, -0.2) is 4.79 Å². The lowest BCUT2D eigenvalue weighted by molar-refractivity contribution is -0.141. The van der Waals surface area contributed by atoms with Gasteiger partial charge in [0.15, 0.2) is 0 Å². The van der Waals surface area contributed by atoms with E-state index in [1.807, 2.05) is 87.5 Å². The Hall–Kier alpha value is -3.93. The lowest BCUT2D eigenvalue weighted by atomic mass is 9.74. The van der Waals surface area contributed by atoms with E-state index in [0.717, 1.165) is 11.1 Å². The molecule has 1 aliphatic heterocycles. The number of benzene rings is 3. The minimum absolute atomic E-state index is 0.195. The molecular weight excluding hydrogens is 450 g/mol. The van der Waals surface area contributed by atoms with Crippen molar-refractivity contribution >= 4 is 17.8 Å². The Labute approximate surface area is 212 Å². The van der Waals surface area contributed by atoms with Gasteiger partial charge in [-0.15, -0.1) is 0 Å². The van der Waals surface area contributed by atoms with Gasteiger partial charge in [-0.2, -0.15) is 0 Å². The molecule has 36 heavy (non-hydrogen) atoms. The van der Waals surface area contributed by atoms with Crippen molar-refractivity contribution in [2.45, 2.75) is 45.3 Å². The van der Waals surface area contributed by atoms with E-state index in [-0.39, 0.29) is 23.9 Å². The van der Waals surface area contributed by atoms with Crippen molar-refractivity contribution in [3.05, 3.63) is 108 Å². The molecule has 1 N–H and O–H groups in total. The standard InChI is InChI=1S/C30H33N3O3/c1-5-30(3,26(23-17-11-7-12-18-23)31-27(34)24-19-13-8-14-20-24)28(35)33-25(21(2)32(4)29(33)36)22-15-9-6-10-16-22/h6-21,25-26H,5H2,1-4H3,(H,31,34)/t21-,25-,26+,30+/m0/s1. The molecule has 4 amide bonds. The molecule has 1 saturated heterocycles. The summed E-state index contributed by atoms with van der Waals surface area (Å²) in [5.74, 6) is -0.572. The average Bonchev–Trinajstić information content (AvgIpc) is 3.15. The molecule has 0 aromatic heterocycles. The first-order valence-electron chi connectivity index (χ1n) is 12.4. The fraction of sp³-hybridized carbons (Fsp3) is 0.300. The number of nitrogens with zero attached hydrogens (tertiary/aromatic N) is 2. The van der Waals surface area contributed by atoms with Crippen molar-refractivity contribution < 1.29 is 14.4 Å². The number of imide groups is 1. The zero-order valence-electron chi connectivity index (χ0n) is 21.2. The Morgan fingerprint density at radius 1 is 0.917 bits per heavy atom. The third-order valence-electron chi connectivity index (χ3n) is 7.52. The van der Waals surface area contributed by atoms with E-state index in [1.54, 1.807) is 36.2 Å². The summed E-state index contributed by atoms with van der Waals surface area (Å²) in [6.45, 7) is 5.72. The smallest absolute Gasteiger partial charge is 0.327 e. The van der Waals surface area contributed by atoms with Crippen LogP contribution < -0.4 is 5.32 Å².